The van der Waals surface area contributed by atoms with Gasteiger partial charge >= 0.3 is 6.61 Å². The Balaban J connectivity index is 2.17. The van der Waals surface area contributed by atoms with E-state index < -0.39 is 22.5 Å². The highest BCUT2D eigenvalue weighted by Gasteiger charge is 2.21. The summed E-state index contributed by atoms with van der Waals surface area (Å²) >= 11 is 5.81. The predicted molar refractivity (Wildman–Crippen MR) is 96.1 cm³/mol. The van der Waals surface area contributed by atoms with E-state index in [4.69, 9.17) is 11.6 Å². The van der Waals surface area contributed by atoms with Crippen molar-refractivity contribution < 1.29 is 26.3 Å². The van der Waals surface area contributed by atoms with Gasteiger partial charge in [-0.3, -0.25) is 0 Å². The van der Waals surface area contributed by atoms with Gasteiger partial charge in [-0.05, 0) is 50.0 Å². The van der Waals surface area contributed by atoms with E-state index in [9.17, 15) is 21.6 Å². The fraction of sp³-hybridized carbons (Fsp3) is 0.294. The number of hydrogen-bond donors (Lipinski definition) is 1. The lowest BCUT2D eigenvalue weighted by Crippen LogP contribution is -2.34. The van der Waals surface area contributed by atoms with Crippen LogP contribution in [0.4, 0.5) is 13.2 Å². The first-order valence-corrected chi connectivity index (χ1v) is 9.62. The molecule has 0 heterocycles. The predicted octanol–water partition coefficient (Wildman–Crippen LogP) is 3.66. The quantitative estimate of drug-likeness (QED) is 0.705. The van der Waals surface area contributed by atoms with Gasteiger partial charge in [0.2, 0.25) is 10.0 Å². The van der Waals surface area contributed by atoms with Gasteiger partial charge in [0.05, 0.1) is 9.92 Å². The molecule has 0 amide bonds. The third kappa shape index (κ3) is 5.83. The summed E-state index contributed by atoms with van der Waals surface area (Å²) in [5, 5.41) is -0.249. The maximum absolute atomic E-state index is 13.1. The van der Waals surface area contributed by atoms with Crippen LogP contribution in [0.1, 0.15) is 11.6 Å². The number of nitrogens with zero attached hydrogens (tertiary/aromatic N) is 1. The average molecular weight is 423 g/mol. The second-order valence-electron chi connectivity index (χ2n) is 5.85. The molecule has 0 aromatic heterocycles. The highest BCUT2D eigenvalue weighted by Crippen LogP contribution is 2.29. The molecule has 0 aliphatic rings. The van der Waals surface area contributed by atoms with Crippen LogP contribution in [0.15, 0.2) is 47.4 Å². The zero-order chi connectivity index (χ0) is 20.2. The molecule has 10 heteroatoms. The molecule has 1 atom stereocenters. The van der Waals surface area contributed by atoms with E-state index in [2.05, 4.69) is 9.46 Å². The van der Waals surface area contributed by atoms with Crippen molar-refractivity contribution in [3.05, 3.63) is 58.9 Å². The highest BCUT2D eigenvalue weighted by atomic mass is 35.5. The molecule has 0 aliphatic heterocycles. The molecule has 0 saturated carbocycles. The molecular weight excluding hydrogens is 405 g/mol. The van der Waals surface area contributed by atoms with Crippen molar-refractivity contribution in [3.63, 3.8) is 0 Å². The lowest BCUT2D eigenvalue weighted by molar-refractivity contribution is -0.0498. The van der Waals surface area contributed by atoms with Crippen molar-refractivity contribution in [2.45, 2.75) is 17.5 Å². The minimum Gasteiger partial charge on any atom is -0.433 e. The standard InChI is InChI=1S/C17H18ClF3N2O3S/c1-23(2)15(11-3-5-12(19)6-4-11)10-22-27(24,25)13-7-8-16(14(18)9-13)26-17(20)21/h3-9,15,17,22H,10H2,1-2H3/t15-/m0/s1. The number of hydrogen-bond acceptors (Lipinski definition) is 4. The monoisotopic (exact) mass is 422 g/mol. The van der Waals surface area contributed by atoms with Crippen molar-refractivity contribution >= 4 is 21.6 Å². The van der Waals surface area contributed by atoms with Gasteiger partial charge < -0.3 is 9.64 Å². The Labute approximate surface area is 160 Å². The highest BCUT2D eigenvalue weighted by molar-refractivity contribution is 7.89. The molecule has 27 heavy (non-hydrogen) atoms. The van der Waals surface area contributed by atoms with Crippen LogP contribution in [0.3, 0.4) is 0 Å². The molecule has 0 aliphatic carbocycles. The normalized spacial score (nSPS) is 13.2. The number of ether oxygens (including phenoxy) is 1. The SMILES string of the molecule is CN(C)[C@@H](CNS(=O)(=O)c1ccc(OC(F)F)c(Cl)c1)c1ccc(F)cc1. The summed E-state index contributed by atoms with van der Waals surface area (Å²) in [6.07, 6.45) is 0. The Hall–Kier alpha value is -1.81. The molecule has 1 N–H and O–H groups in total. The van der Waals surface area contributed by atoms with Gasteiger partial charge in [-0.1, -0.05) is 23.7 Å². The Morgan fingerprint density at radius 3 is 2.30 bits per heavy atom. The first kappa shape index (κ1) is 21.5. The van der Waals surface area contributed by atoms with Crippen LogP contribution in [0, 0.1) is 5.82 Å². The van der Waals surface area contributed by atoms with Crippen molar-refractivity contribution in [3.8, 4) is 5.75 Å². The number of halogens is 4. The lowest BCUT2D eigenvalue weighted by Gasteiger charge is -2.25. The summed E-state index contributed by atoms with van der Waals surface area (Å²) in [5.41, 5.74) is 0.725. The first-order valence-electron chi connectivity index (χ1n) is 7.76. The van der Waals surface area contributed by atoms with Crippen LogP contribution >= 0.6 is 11.6 Å². The number of benzene rings is 2. The number of sulfonamides is 1. The topological polar surface area (TPSA) is 58.6 Å². The molecule has 0 saturated heterocycles. The van der Waals surface area contributed by atoms with Crippen LogP contribution in [-0.4, -0.2) is 40.6 Å². The molecule has 0 fully saturated rings. The van der Waals surface area contributed by atoms with Crippen LogP contribution in [-0.2, 0) is 10.0 Å². The molecule has 2 aromatic carbocycles. The zero-order valence-electron chi connectivity index (χ0n) is 14.5. The van der Waals surface area contributed by atoms with Crippen molar-refractivity contribution in [2.24, 2.45) is 0 Å². The Morgan fingerprint density at radius 1 is 1.15 bits per heavy atom. The molecule has 0 spiro atoms. The molecule has 2 rings (SSSR count). The number of alkyl halides is 2. The fourth-order valence-electron chi connectivity index (χ4n) is 2.40. The van der Waals surface area contributed by atoms with Gasteiger partial charge in [-0.15, -0.1) is 0 Å². The average Bonchev–Trinajstić information content (AvgIpc) is 2.57. The number of nitrogens with one attached hydrogen (secondary N) is 1. The van der Waals surface area contributed by atoms with Gasteiger partial charge in [0.1, 0.15) is 11.6 Å². The lowest BCUT2D eigenvalue weighted by atomic mass is 10.1. The Kier molecular flexibility index (Phi) is 7.10. The second kappa shape index (κ2) is 8.92. The molecular formula is C17H18ClF3N2O3S. The summed E-state index contributed by atoms with van der Waals surface area (Å²) in [7, 11) is -0.432. The minimum absolute atomic E-state index is 0.00781. The smallest absolute Gasteiger partial charge is 0.387 e. The van der Waals surface area contributed by atoms with E-state index in [0.29, 0.717) is 0 Å². The molecule has 2 aromatic rings. The van der Waals surface area contributed by atoms with Crippen molar-refractivity contribution in [2.75, 3.05) is 20.6 Å². The van der Waals surface area contributed by atoms with Gasteiger partial charge in [0, 0.05) is 12.6 Å². The van der Waals surface area contributed by atoms with Crippen LogP contribution in [0.2, 0.25) is 5.02 Å². The van der Waals surface area contributed by atoms with Crippen LogP contribution in [0.25, 0.3) is 0 Å². The van der Waals surface area contributed by atoms with E-state index in [0.717, 1.165) is 23.8 Å². The number of likely N-dealkylation sites (N-methyl/N-ethyl adjacent to an activating group) is 1. The third-order valence-electron chi connectivity index (χ3n) is 3.77. The maximum atomic E-state index is 13.1. The summed E-state index contributed by atoms with van der Waals surface area (Å²) in [5.74, 6) is -0.708. The summed E-state index contributed by atoms with van der Waals surface area (Å²) in [6.45, 7) is -3.06. The van der Waals surface area contributed by atoms with Gasteiger partial charge in [-0.25, -0.2) is 17.5 Å². The zero-order valence-corrected chi connectivity index (χ0v) is 16.1. The first-order chi connectivity index (χ1) is 12.6. The second-order valence-corrected chi connectivity index (χ2v) is 8.03. The van der Waals surface area contributed by atoms with Crippen molar-refractivity contribution in [1.29, 1.82) is 0 Å². The third-order valence-corrected chi connectivity index (χ3v) is 5.49. The van der Waals surface area contributed by atoms with E-state index in [1.165, 1.54) is 12.1 Å². The Morgan fingerprint density at radius 2 is 1.78 bits per heavy atom. The molecule has 0 bridgehead atoms. The van der Waals surface area contributed by atoms with Crippen molar-refractivity contribution in [1.82, 2.24) is 9.62 Å². The van der Waals surface area contributed by atoms with Crippen LogP contribution < -0.4 is 9.46 Å². The molecule has 0 unspecified atom stereocenters. The van der Waals surface area contributed by atoms with E-state index in [1.807, 2.05) is 0 Å². The van der Waals surface area contributed by atoms with Crippen LogP contribution in [0.5, 0.6) is 5.75 Å². The van der Waals surface area contributed by atoms with Gasteiger partial charge in [-0.2, -0.15) is 8.78 Å². The largest absolute Gasteiger partial charge is 0.433 e. The van der Waals surface area contributed by atoms with E-state index in [-0.39, 0.29) is 28.3 Å². The molecule has 148 valence electrons. The molecule has 5 nitrogen and oxygen atoms in total. The Bertz CT molecular complexity index is 877. The van der Waals surface area contributed by atoms with Gasteiger partial charge in [0.15, 0.2) is 0 Å². The van der Waals surface area contributed by atoms with E-state index in [1.54, 1.807) is 31.1 Å². The summed E-state index contributed by atoms with van der Waals surface area (Å²) in [6, 6.07) is 8.59. The molecule has 0 radical (unpaired) electrons. The van der Waals surface area contributed by atoms with E-state index >= 15 is 0 Å². The number of rotatable bonds is 8. The summed E-state index contributed by atoms with van der Waals surface area (Å²) < 4.78 is 69.3. The van der Waals surface area contributed by atoms with Gasteiger partial charge in [0.25, 0.3) is 0 Å². The summed E-state index contributed by atoms with van der Waals surface area (Å²) in [4.78, 5) is 1.59. The fourth-order valence-corrected chi connectivity index (χ4v) is 3.75. The maximum Gasteiger partial charge on any atom is 0.387 e. The minimum atomic E-state index is -3.95.